The van der Waals surface area contributed by atoms with Crippen LogP contribution in [0.5, 0.6) is 5.75 Å². The van der Waals surface area contributed by atoms with Gasteiger partial charge in [-0.25, -0.2) is 4.79 Å². The lowest BCUT2D eigenvalue weighted by atomic mass is 10.1. The molecule has 6 heteroatoms. The van der Waals surface area contributed by atoms with Gasteiger partial charge in [0.25, 0.3) is 0 Å². The molecule has 0 saturated heterocycles. The van der Waals surface area contributed by atoms with Crippen LogP contribution in [-0.2, 0) is 0 Å². The summed E-state index contributed by atoms with van der Waals surface area (Å²) in [7, 11) is 0. The second-order valence-electron chi connectivity index (χ2n) is 3.78. The Morgan fingerprint density at radius 3 is 2.94 bits per heavy atom. The summed E-state index contributed by atoms with van der Waals surface area (Å²) in [6.45, 7) is 0. The van der Waals surface area contributed by atoms with Crippen LogP contribution in [0.2, 0.25) is 0 Å². The molecule has 0 atom stereocenters. The number of hydrogen-bond acceptors (Lipinski definition) is 4. The average Bonchev–Trinajstić information content (AvgIpc) is 2.94. The smallest absolute Gasteiger partial charge is 0.374 e. The Balaban J connectivity index is 2.22. The van der Waals surface area contributed by atoms with Gasteiger partial charge in [0, 0.05) is 23.3 Å². The number of aromatic hydroxyl groups is 1. The molecule has 3 aromatic rings. The molecule has 2 aromatic heterocycles. The Bertz CT molecular complexity index is 741. The minimum Gasteiger partial charge on any atom is -0.507 e. The predicted octanol–water partition coefficient (Wildman–Crippen LogP) is 2.23. The van der Waals surface area contributed by atoms with Crippen LogP contribution < -0.4 is 0 Å². The van der Waals surface area contributed by atoms with E-state index in [4.69, 9.17) is 9.63 Å². The van der Waals surface area contributed by atoms with Crippen molar-refractivity contribution in [3.63, 3.8) is 0 Å². The van der Waals surface area contributed by atoms with E-state index in [1.54, 1.807) is 24.4 Å². The maximum atomic E-state index is 10.7. The quantitative estimate of drug-likeness (QED) is 0.641. The molecule has 0 saturated carbocycles. The summed E-state index contributed by atoms with van der Waals surface area (Å²) < 4.78 is 4.69. The summed E-state index contributed by atoms with van der Waals surface area (Å²) in [6.07, 6.45) is 1.65. The number of nitrogens with zero attached hydrogens (tertiary/aromatic N) is 1. The van der Waals surface area contributed by atoms with Gasteiger partial charge in [-0.15, -0.1) is 0 Å². The van der Waals surface area contributed by atoms with Crippen LogP contribution >= 0.6 is 0 Å². The van der Waals surface area contributed by atoms with E-state index in [0.717, 1.165) is 5.52 Å². The molecule has 0 aliphatic rings. The van der Waals surface area contributed by atoms with E-state index in [1.807, 2.05) is 0 Å². The summed E-state index contributed by atoms with van der Waals surface area (Å²) >= 11 is 0. The van der Waals surface area contributed by atoms with Crippen LogP contribution in [0.25, 0.3) is 22.2 Å². The monoisotopic (exact) mass is 244 g/mol. The molecule has 2 heterocycles. The number of aromatic carboxylic acids is 1. The summed E-state index contributed by atoms with van der Waals surface area (Å²) in [5.74, 6) is -1.32. The van der Waals surface area contributed by atoms with Crippen molar-refractivity contribution in [3.8, 4) is 17.0 Å². The molecule has 18 heavy (non-hydrogen) atoms. The van der Waals surface area contributed by atoms with Gasteiger partial charge in [0.05, 0.1) is 5.39 Å². The lowest BCUT2D eigenvalue weighted by molar-refractivity contribution is 0.0652. The summed E-state index contributed by atoms with van der Waals surface area (Å²) in [5.41, 5.74) is 1.70. The van der Waals surface area contributed by atoms with Gasteiger partial charge < -0.3 is 19.7 Å². The zero-order valence-electron chi connectivity index (χ0n) is 9.04. The van der Waals surface area contributed by atoms with E-state index in [0.29, 0.717) is 16.6 Å². The van der Waals surface area contributed by atoms with E-state index in [2.05, 4.69) is 10.1 Å². The van der Waals surface area contributed by atoms with Gasteiger partial charge in [-0.05, 0) is 12.1 Å². The number of carboxylic acids is 1. The number of carboxylic acid groups (broad SMARTS) is 1. The molecule has 6 nitrogen and oxygen atoms in total. The second-order valence-corrected chi connectivity index (χ2v) is 3.78. The molecule has 0 fully saturated rings. The highest BCUT2D eigenvalue weighted by atomic mass is 16.5. The fraction of sp³-hybridized carbons (Fsp3) is 0. The minimum atomic E-state index is -1.18. The summed E-state index contributed by atoms with van der Waals surface area (Å²) in [4.78, 5) is 13.7. The fourth-order valence-corrected chi connectivity index (χ4v) is 1.87. The number of phenolic OH excluding ortho intramolecular Hbond substituents is 1. The molecular weight excluding hydrogens is 236 g/mol. The highest BCUT2D eigenvalue weighted by Crippen LogP contribution is 2.34. The normalized spacial score (nSPS) is 10.9. The lowest BCUT2D eigenvalue weighted by Gasteiger charge is -1.96. The van der Waals surface area contributed by atoms with Gasteiger partial charge in [-0.2, -0.15) is 0 Å². The zero-order valence-corrected chi connectivity index (χ0v) is 9.04. The van der Waals surface area contributed by atoms with Crippen LogP contribution in [0.1, 0.15) is 10.6 Å². The number of aromatic amines is 1. The van der Waals surface area contributed by atoms with Crippen LogP contribution in [-0.4, -0.2) is 26.3 Å². The van der Waals surface area contributed by atoms with Gasteiger partial charge in [-0.3, -0.25) is 0 Å². The van der Waals surface area contributed by atoms with Crippen LogP contribution in [0.3, 0.4) is 0 Å². The van der Waals surface area contributed by atoms with Crippen LogP contribution in [0.15, 0.2) is 35.0 Å². The Morgan fingerprint density at radius 1 is 1.39 bits per heavy atom. The van der Waals surface area contributed by atoms with E-state index < -0.39 is 5.97 Å². The summed E-state index contributed by atoms with van der Waals surface area (Å²) in [6, 6.07) is 6.38. The molecule has 0 spiro atoms. The topological polar surface area (TPSA) is 99.3 Å². The van der Waals surface area contributed by atoms with Crippen molar-refractivity contribution in [2.45, 2.75) is 0 Å². The first-order valence-corrected chi connectivity index (χ1v) is 5.16. The predicted molar refractivity (Wildman–Crippen MR) is 62.4 cm³/mol. The Morgan fingerprint density at radius 2 is 2.22 bits per heavy atom. The van der Waals surface area contributed by atoms with Gasteiger partial charge >= 0.3 is 5.97 Å². The Kier molecular flexibility index (Phi) is 2.09. The number of carbonyl (C=O) groups is 1. The van der Waals surface area contributed by atoms with Crippen LogP contribution in [0, 0.1) is 0 Å². The Hall–Kier alpha value is -2.76. The maximum absolute atomic E-state index is 10.7. The van der Waals surface area contributed by atoms with Gasteiger partial charge in [-0.1, -0.05) is 11.2 Å². The highest BCUT2D eigenvalue weighted by molar-refractivity contribution is 5.99. The largest absolute Gasteiger partial charge is 0.507 e. The third-order valence-electron chi connectivity index (χ3n) is 2.68. The first-order valence-electron chi connectivity index (χ1n) is 5.16. The molecule has 0 radical (unpaired) electrons. The first-order chi connectivity index (χ1) is 8.66. The molecular formula is C12H8N2O4. The van der Waals surface area contributed by atoms with E-state index in [1.165, 1.54) is 6.07 Å². The molecule has 90 valence electrons. The van der Waals surface area contributed by atoms with E-state index in [-0.39, 0.29) is 11.5 Å². The third kappa shape index (κ3) is 1.43. The highest BCUT2D eigenvalue weighted by Gasteiger charge is 2.16. The van der Waals surface area contributed by atoms with Crippen molar-refractivity contribution < 1.29 is 19.5 Å². The second kappa shape index (κ2) is 3.63. The van der Waals surface area contributed by atoms with Gasteiger partial charge in [0.1, 0.15) is 11.4 Å². The number of H-pyrrole nitrogens is 1. The standard InChI is InChI=1S/C12H8N2O4/c15-9-3-1-2-7-11(9)6(5-13-7)8-4-10(12(16)17)18-14-8/h1-5,13,15H,(H,16,17). The number of phenols is 1. The van der Waals surface area contributed by atoms with E-state index in [9.17, 15) is 9.90 Å². The van der Waals surface area contributed by atoms with Gasteiger partial charge in [0.15, 0.2) is 0 Å². The number of nitrogens with one attached hydrogen (secondary N) is 1. The molecule has 3 rings (SSSR count). The average molecular weight is 244 g/mol. The molecule has 0 aliphatic heterocycles. The number of benzene rings is 1. The number of aromatic nitrogens is 2. The molecule has 3 N–H and O–H groups in total. The van der Waals surface area contributed by atoms with Crippen molar-refractivity contribution >= 4 is 16.9 Å². The zero-order chi connectivity index (χ0) is 12.7. The first kappa shape index (κ1) is 10.4. The Labute approximate surface area is 100 Å². The van der Waals surface area contributed by atoms with Crippen molar-refractivity contribution in [2.75, 3.05) is 0 Å². The van der Waals surface area contributed by atoms with E-state index >= 15 is 0 Å². The number of hydrogen-bond donors (Lipinski definition) is 3. The molecule has 1 aromatic carbocycles. The van der Waals surface area contributed by atoms with Gasteiger partial charge in [0.2, 0.25) is 5.76 Å². The fourth-order valence-electron chi connectivity index (χ4n) is 1.87. The molecule has 0 aliphatic carbocycles. The summed E-state index contributed by atoms with van der Waals surface area (Å²) in [5, 5.41) is 22.9. The lowest BCUT2D eigenvalue weighted by Crippen LogP contribution is -1.91. The number of fused-ring (bicyclic) bond motifs is 1. The molecule has 0 unspecified atom stereocenters. The number of rotatable bonds is 2. The van der Waals surface area contributed by atoms with Crippen molar-refractivity contribution in [3.05, 3.63) is 36.2 Å². The van der Waals surface area contributed by atoms with Crippen molar-refractivity contribution in [1.29, 1.82) is 0 Å². The van der Waals surface area contributed by atoms with Crippen LogP contribution in [0.4, 0.5) is 0 Å². The molecule has 0 bridgehead atoms. The third-order valence-corrected chi connectivity index (χ3v) is 2.68. The van der Waals surface area contributed by atoms with Crippen molar-refractivity contribution in [1.82, 2.24) is 10.1 Å². The maximum Gasteiger partial charge on any atom is 0.374 e. The minimum absolute atomic E-state index is 0.101. The van der Waals surface area contributed by atoms with Crippen molar-refractivity contribution in [2.24, 2.45) is 0 Å². The molecule has 0 amide bonds. The SMILES string of the molecule is O=C(O)c1cc(-c2c[nH]c3cccc(O)c23)no1.